The van der Waals surface area contributed by atoms with Crippen molar-refractivity contribution in [2.24, 2.45) is 5.84 Å². The Labute approximate surface area is 121 Å². The number of fused-ring (bicyclic) bond motifs is 2. The molecule has 2 aromatic rings. The van der Waals surface area contributed by atoms with Gasteiger partial charge in [0.25, 0.3) is 0 Å². The molecule has 0 spiro atoms. The van der Waals surface area contributed by atoms with Crippen LogP contribution in [0.1, 0.15) is 30.5 Å². The molecule has 0 atom stereocenters. The number of hydrazine groups is 1. The second-order valence-electron chi connectivity index (χ2n) is 5.15. The Bertz CT molecular complexity index is 661. The number of para-hydroxylation sites is 1. The van der Waals surface area contributed by atoms with Crippen molar-refractivity contribution in [1.29, 1.82) is 0 Å². The summed E-state index contributed by atoms with van der Waals surface area (Å²) in [6, 6.07) is 5.00. The second-order valence-corrected chi connectivity index (χ2v) is 5.15. The number of rotatable bonds is 3. The summed E-state index contributed by atoms with van der Waals surface area (Å²) < 4.78 is 29.7. The Morgan fingerprint density at radius 3 is 2.76 bits per heavy atom. The maximum Gasteiger partial charge on any atom is 0.387 e. The van der Waals surface area contributed by atoms with E-state index < -0.39 is 6.61 Å². The lowest BCUT2D eigenvalue weighted by atomic mass is 10.0. The van der Waals surface area contributed by atoms with Crippen LogP contribution >= 0.6 is 0 Å². The summed E-state index contributed by atoms with van der Waals surface area (Å²) in [6.45, 7) is -2.87. The molecule has 21 heavy (non-hydrogen) atoms. The molecule has 1 aliphatic rings. The largest absolute Gasteiger partial charge is 0.432 e. The SMILES string of the molecule is NNc1c2c(nc3c(OC(F)F)cccc13)CCCCC2. The molecule has 0 bridgehead atoms. The minimum atomic E-state index is -2.87. The number of benzene rings is 1. The number of alkyl halides is 2. The average Bonchev–Trinajstić information content (AvgIpc) is 2.70. The summed E-state index contributed by atoms with van der Waals surface area (Å²) in [5, 5.41) is 0.719. The number of ether oxygens (including phenoxy) is 1. The molecule has 4 nitrogen and oxygen atoms in total. The molecular weight excluding hydrogens is 276 g/mol. The standard InChI is InChI=1S/C15H17F2N3O/c16-15(17)21-12-8-4-6-10-13(20-18)9-5-2-1-3-7-11(9)19-14(10)12/h4,6,8,15H,1-3,5,7,18H2,(H,19,20). The van der Waals surface area contributed by atoms with Gasteiger partial charge in [-0.3, -0.25) is 5.84 Å². The van der Waals surface area contributed by atoms with E-state index in [1.165, 1.54) is 6.07 Å². The first-order chi connectivity index (χ1) is 10.2. The number of hydrogen-bond donors (Lipinski definition) is 2. The van der Waals surface area contributed by atoms with Crippen molar-refractivity contribution in [3.8, 4) is 5.75 Å². The number of nitrogens with two attached hydrogens (primary N) is 1. The van der Waals surface area contributed by atoms with Crippen molar-refractivity contribution in [1.82, 2.24) is 4.98 Å². The van der Waals surface area contributed by atoms with E-state index in [0.717, 1.165) is 54.4 Å². The van der Waals surface area contributed by atoms with Gasteiger partial charge in [0, 0.05) is 11.1 Å². The third-order valence-corrected chi connectivity index (χ3v) is 3.87. The minimum Gasteiger partial charge on any atom is -0.432 e. The molecular formula is C15H17F2N3O. The smallest absolute Gasteiger partial charge is 0.387 e. The van der Waals surface area contributed by atoms with Gasteiger partial charge in [-0.15, -0.1) is 0 Å². The molecule has 1 aromatic carbocycles. The zero-order chi connectivity index (χ0) is 14.8. The van der Waals surface area contributed by atoms with Gasteiger partial charge < -0.3 is 10.2 Å². The molecule has 0 amide bonds. The van der Waals surface area contributed by atoms with Gasteiger partial charge in [-0.2, -0.15) is 8.78 Å². The fourth-order valence-corrected chi connectivity index (χ4v) is 2.95. The van der Waals surface area contributed by atoms with Crippen molar-refractivity contribution in [2.75, 3.05) is 5.43 Å². The van der Waals surface area contributed by atoms with Crippen molar-refractivity contribution in [3.05, 3.63) is 29.5 Å². The van der Waals surface area contributed by atoms with E-state index in [1.807, 2.05) is 6.07 Å². The third-order valence-electron chi connectivity index (χ3n) is 3.87. The van der Waals surface area contributed by atoms with Crippen LogP contribution in [0.5, 0.6) is 5.75 Å². The molecule has 6 heteroatoms. The maximum absolute atomic E-state index is 12.5. The van der Waals surface area contributed by atoms with Gasteiger partial charge in [0.15, 0.2) is 5.75 Å². The van der Waals surface area contributed by atoms with Crippen LogP contribution in [0.3, 0.4) is 0 Å². The first-order valence-electron chi connectivity index (χ1n) is 7.06. The van der Waals surface area contributed by atoms with Gasteiger partial charge in [0.2, 0.25) is 0 Å². The average molecular weight is 293 g/mol. The summed E-state index contributed by atoms with van der Waals surface area (Å²) in [5.74, 6) is 5.76. The van der Waals surface area contributed by atoms with Crippen LogP contribution in [-0.4, -0.2) is 11.6 Å². The molecule has 3 rings (SSSR count). The lowest BCUT2D eigenvalue weighted by molar-refractivity contribution is -0.0489. The fraction of sp³-hybridized carbons (Fsp3) is 0.400. The van der Waals surface area contributed by atoms with Gasteiger partial charge in [-0.25, -0.2) is 4.98 Å². The summed E-state index contributed by atoms with van der Waals surface area (Å²) >= 11 is 0. The predicted molar refractivity (Wildman–Crippen MR) is 77.4 cm³/mol. The number of aromatic nitrogens is 1. The van der Waals surface area contributed by atoms with E-state index in [0.29, 0.717) is 5.52 Å². The number of nitrogens with one attached hydrogen (secondary N) is 1. The van der Waals surface area contributed by atoms with Crippen molar-refractivity contribution in [3.63, 3.8) is 0 Å². The van der Waals surface area contributed by atoms with E-state index in [2.05, 4.69) is 15.1 Å². The van der Waals surface area contributed by atoms with E-state index in [-0.39, 0.29) is 5.75 Å². The lowest BCUT2D eigenvalue weighted by Crippen LogP contribution is -2.13. The van der Waals surface area contributed by atoms with E-state index >= 15 is 0 Å². The van der Waals surface area contributed by atoms with Crippen LogP contribution in [0.15, 0.2) is 18.2 Å². The number of aryl methyl sites for hydroxylation is 1. The topological polar surface area (TPSA) is 60.2 Å². The highest BCUT2D eigenvalue weighted by Crippen LogP contribution is 2.36. The molecule has 0 unspecified atom stereocenters. The van der Waals surface area contributed by atoms with Crippen molar-refractivity contribution in [2.45, 2.75) is 38.7 Å². The molecule has 0 fully saturated rings. The minimum absolute atomic E-state index is 0.0889. The lowest BCUT2D eigenvalue weighted by Gasteiger charge is -2.16. The fourth-order valence-electron chi connectivity index (χ4n) is 2.95. The maximum atomic E-state index is 12.5. The zero-order valence-corrected chi connectivity index (χ0v) is 11.5. The number of anilines is 1. The van der Waals surface area contributed by atoms with E-state index in [4.69, 9.17) is 5.84 Å². The summed E-state index contributed by atoms with van der Waals surface area (Å²) in [4.78, 5) is 4.58. The second kappa shape index (κ2) is 5.81. The zero-order valence-electron chi connectivity index (χ0n) is 11.5. The highest BCUT2D eigenvalue weighted by Gasteiger charge is 2.19. The van der Waals surface area contributed by atoms with Crippen LogP contribution in [0, 0.1) is 0 Å². The van der Waals surface area contributed by atoms with Crippen LogP contribution in [0.4, 0.5) is 14.5 Å². The Morgan fingerprint density at radius 2 is 2.00 bits per heavy atom. The molecule has 1 aliphatic carbocycles. The van der Waals surface area contributed by atoms with Crippen molar-refractivity contribution < 1.29 is 13.5 Å². The number of pyridine rings is 1. The van der Waals surface area contributed by atoms with E-state index in [9.17, 15) is 8.78 Å². The molecule has 0 aliphatic heterocycles. The quantitative estimate of drug-likeness (QED) is 0.517. The molecule has 3 N–H and O–H groups in total. The molecule has 1 aromatic heterocycles. The Balaban J connectivity index is 2.24. The number of nitrogen functional groups attached to an aromatic ring is 1. The number of nitrogens with zero attached hydrogens (tertiary/aromatic N) is 1. The van der Waals surface area contributed by atoms with Crippen molar-refractivity contribution >= 4 is 16.6 Å². The molecule has 1 heterocycles. The monoisotopic (exact) mass is 293 g/mol. The molecule has 112 valence electrons. The van der Waals surface area contributed by atoms with Crippen LogP contribution in [-0.2, 0) is 12.8 Å². The Kier molecular flexibility index (Phi) is 3.88. The number of halogens is 2. The number of hydrogen-bond acceptors (Lipinski definition) is 4. The van der Waals surface area contributed by atoms with E-state index in [1.54, 1.807) is 6.07 Å². The van der Waals surface area contributed by atoms with Gasteiger partial charge >= 0.3 is 6.61 Å². The Morgan fingerprint density at radius 1 is 1.19 bits per heavy atom. The summed E-state index contributed by atoms with van der Waals surface area (Å²) in [7, 11) is 0. The van der Waals surface area contributed by atoms with Crippen LogP contribution in [0.2, 0.25) is 0 Å². The van der Waals surface area contributed by atoms with Gasteiger partial charge in [-0.05, 0) is 37.3 Å². The molecule has 0 radical (unpaired) electrons. The van der Waals surface area contributed by atoms with Crippen LogP contribution < -0.4 is 16.0 Å². The van der Waals surface area contributed by atoms with Gasteiger partial charge in [-0.1, -0.05) is 18.6 Å². The summed E-state index contributed by atoms with van der Waals surface area (Å²) in [6.07, 6.45) is 5.01. The third kappa shape index (κ3) is 2.63. The van der Waals surface area contributed by atoms with Crippen LogP contribution in [0.25, 0.3) is 10.9 Å². The summed E-state index contributed by atoms with van der Waals surface area (Å²) in [5.41, 5.74) is 5.96. The first kappa shape index (κ1) is 14.0. The van der Waals surface area contributed by atoms with Gasteiger partial charge in [0.1, 0.15) is 5.52 Å². The predicted octanol–water partition coefficient (Wildman–Crippen LogP) is 3.39. The highest BCUT2D eigenvalue weighted by atomic mass is 19.3. The Hall–Kier alpha value is -1.95. The highest BCUT2D eigenvalue weighted by molar-refractivity contribution is 5.96. The molecule has 0 saturated heterocycles. The van der Waals surface area contributed by atoms with Gasteiger partial charge in [0.05, 0.1) is 5.69 Å². The molecule has 0 saturated carbocycles. The first-order valence-corrected chi connectivity index (χ1v) is 7.06. The normalized spacial score (nSPS) is 14.9.